The smallest absolute Gasteiger partial charge is 0.0314 e. The van der Waals surface area contributed by atoms with Crippen molar-refractivity contribution >= 4 is 11.8 Å². The lowest BCUT2D eigenvalue weighted by Crippen LogP contribution is -1.83. The highest BCUT2D eigenvalue weighted by Crippen LogP contribution is 2.09. The molecule has 13 heavy (non-hydrogen) atoms. The maximum atomic E-state index is 5.58. The highest BCUT2D eigenvalue weighted by atomic mass is 14.5. The van der Waals surface area contributed by atoms with Crippen LogP contribution in [0.5, 0.6) is 0 Å². The van der Waals surface area contributed by atoms with Gasteiger partial charge in [-0.2, -0.15) is 0 Å². The van der Waals surface area contributed by atoms with E-state index in [1.54, 1.807) is 0 Å². The minimum atomic E-state index is 0.727. The highest BCUT2D eigenvalue weighted by Gasteiger charge is 1.89. The molecule has 0 heterocycles. The maximum absolute atomic E-state index is 5.58. The van der Waals surface area contributed by atoms with Crippen LogP contribution in [0.15, 0.2) is 30.3 Å². The van der Waals surface area contributed by atoms with Crippen LogP contribution >= 0.6 is 0 Å². The summed E-state index contributed by atoms with van der Waals surface area (Å²) in [7, 11) is 0. The van der Waals surface area contributed by atoms with Crippen molar-refractivity contribution in [2.45, 2.75) is 20.3 Å². The van der Waals surface area contributed by atoms with Gasteiger partial charge in [0.2, 0.25) is 0 Å². The van der Waals surface area contributed by atoms with Crippen LogP contribution in [0.4, 0.5) is 5.69 Å². The lowest BCUT2D eigenvalue weighted by molar-refractivity contribution is 0.665. The topological polar surface area (TPSA) is 26.0 Å². The molecular formula is C12H17N. The molecule has 0 atom stereocenters. The summed E-state index contributed by atoms with van der Waals surface area (Å²) in [5.74, 6) is 0.727. The first-order valence-corrected chi connectivity index (χ1v) is 4.70. The number of hydrogen-bond acceptors (Lipinski definition) is 1. The molecule has 0 amide bonds. The molecule has 0 radical (unpaired) electrons. The largest absolute Gasteiger partial charge is 0.399 e. The molecule has 0 aromatic heterocycles. The average Bonchev–Trinajstić information content (AvgIpc) is 2.08. The minimum Gasteiger partial charge on any atom is -0.399 e. The molecule has 1 heteroatoms. The van der Waals surface area contributed by atoms with Crippen molar-refractivity contribution in [3.05, 3.63) is 35.9 Å². The van der Waals surface area contributed by atoms with Gasteiger partial charge in [0.05, 0.1) is 0 Å². The van der Waals surface area contributed by atoms with Gasteiger partial charge in [-0.05, 0) is 30.0 Å². The molecule has 0 unspecified atom stereocenters. The Balaban J connectivity index is 2.54. The maximum Gasteiger partial charge on any atom is 0.0314 e. The molecule has 0 aliphatic rings. The van der Waals surface area contributed by atoms with Crippen molar-refractivity contribution in [2.24, 2.45) is 5.92 Å². The predicted molar refractivity (Wildman–Crippen MR) is 59.3 cm³/mol. The van der Waals surface area contributed by atoms with Crippen LogP contribution < -0.4 is 5.73 Å². The Morgan fingerprint density at radius 1 is 1.23 bits per heavy atom. The molecular weight excluding hydrogens is 158 g/mol. The molecule has 1 nitrogen and oxygen atoms in total. The summed E-state index contributed by atoms with van der Waals surface area (Å²) < 4.78 is 0. The molecule has 70 valence electrons. The molecule has 0 saturated carbocycles. The van der Waals surface area contributed by atoms with E-state index in [4.69, 9.17) is 5.73 Å². The van der Waals surface area contributed by atoms with E-state index in [0.717, 1.165) is 18.0 Å². The Bertz CT molecular complexity index is 270. The van der Waals surface area contributed by atoms with E-state index >= 15 is 0 Å². The second-order valence-electron chi connectivity index (χ2n) is 3.70. The lowest BCUT2D eigenvalue weighted by atomic mass is 10.1. The first-order valence-electron chi connectivity index (χ1n) is 4.70. The van der Waals surface area contributed by atoms with Crippen molar-refractivity contribution in [1.29, 1.82) is 0 Å². The van der Waals surface area contributed by atoms with Crippen LogP contribution in [0, 0.1) is 5.92 Å². The van der Waals surface area contributed by atoms with E-state index in [-0.39, 0.29) is 0 Å². The van der Waals surface area contributed by atoms with Gasteiger partial charge in [0, 0.05) is 5.69 Å². The molecule has 0 fully saturated rings. The fourth-order valence-electron chi connectivity index (χ4n) is 1.08. The summed E-state index contributed by atoms with van der Waals surface area (Å²) in [6.07, 6.45) is 5.47. The van der Waals surface area contributed by atoms with Crippen LogP contribution in [0.25, 0.3) is 6.08 Å². The predicted octanol–water partition coefficient (Wildman–Crippen LogP) is 3.33. The summed E-state index contributed by atoms with van der Waals surface area (Å²) in [6.45, 7) is 4.43. The normalized spacial score (nSPS) is 11.3. The van der Waals surface area contributed by atoms with Gasteiger partial charge in [0.1, 0.15) is 0 Å². The summed E-state index contributed by atoms with van der Waals surface area (Å²) in [5.41, 5.74) is 7.62. The van der Waals surface area contributed by atoms with Crippen LogP contribution in [0.2, 0.25) is 0 Å². The van der Waals surface area contributed by atoms with Gasteiger partial charge in [-0.3, -0.25) is 0 Å². The number of nitrogens with two attached hydrogens (primary N) is 1. The summed E-state index contributed by atoms with van der Waals surface area (Å²) in [5, 5.41) is 0. The molecule has 2 N–H and O–H groups in total. The zero-order valence-corrected chi connectivity index (χ0v) is 8.33. The number of hydrogen-bond donors (Lipinski definition) is 1. The SMILES string of the molecule is CC(C)C/C=C/c1ccc(N)cc1. The van der Waals surface area contributed by atoms with E-state index in [0.29, 0.717) is 0 Å². The summed E-state index contributed by atoms with van der Waals surface area (Å²) >= 11 is 0. The van der Waals surface area contributed by atoms with Crippen LogP contribution in [0.1, 0.15) is 25.8 Å². The number of nitrogen functional groups attached to an aromatic ring is 1. The lowest BCUT2D eigenvalue weighted by Gasteiger charge is -1.97. The summed E-state index contributed by atoms with van der Waals surface area (Å²) in [6, 6.07) is 7.92. The van der Waals surface area contributed by atoms with Crippen molar-refractivity contribution in [1.82, 2.24) is 0 Å². The third-order valence-corrected chi connectivity index (χ3v) is 1.85. The summed E-state index contributed by atoms with van der Waals surface area (Å²) in [4.78, 5) is 0. The second-order valence-corrected chi connectivity index (χ2v) is 3.70. The zero-order valence-electron chi connectivity index (χ0n) is 8.33. The van der Waals surface area contributed by atoms with E-state index in [2.05, 4.69) is 26.0 Å². The Hall–Kier alpha value is -1.24. The molecule has 0 saturated heterocycles. The number of allylic oxidation sites excluding steroid dienone is 1. The van der Waals surface area contributed by atoms with Gasteiger partial charge in [-0.25, -0.2) is 0 Å². The fraction of sp³-hybridized carbons (Fsp3) is 0.333. The Labute approximate surface area is 80.3 Å². The van der Waals surface area contributed by atoms with E-state index in [1.807, 2.05) is 24.3 Å². The Morgan fingerprint density at radius 3 is 2.38 bits per heavy atom. The quantitative estimate of drug-likeness (QED) is 0.701. The minimum absolute atomic E-state index is 0.727. The van der Waals surface area contributed by atoms with Crippen molar-refractivity contribution in [2.75, 3.05) is 5.73 Å². The van der Waals surface area contributed by atoms with Gasteiger partial charge in [-0.1, -0.05) is 38.1 Å². The van der Waals surface area contributed by atoms with Gasteiger partial charge < -0.3 is 5.73 Å². The molecule has 1 aromatic carbocycles. The molecule has 1 aromatic rings. The average molecular weight is 175 g/mol. The van der Waals surface area contributed by atoms with E-state index in [1.165, 1.54) is 5.56 Å². The van der Waals surface area contributed by atoms with Crippen LogP contribution in [0.3, 0.4) is 0 Å². The third-order valence-electron chi connectivity index (χ3n) is 1.85. The number of benzene rings is 1. The van der Waals surface area contributed by atoms with Gasteiger partial charge in [-0.15, -0.1) is 0 Å². The van der Waals surface area contributed by atoms with Crippen molar-refractivity contribution in [3.63, 3.8) is 0 Å². The van der Waals surface area contributed by atoms with E-state index in [9.17, 15) is 0 Å². The first-order chi connectivity index (χ1) is 6.18. The van der Waals surface area contributed by atoms with Crippen molar-refractivity contribution < 1.29 is 0 Å². The molecule has 0 aliphatic carbocycles. The monoisotopic (exact) mass is 175 g/mol. The van der Waals surface area contributed by atoms with Crippen LogP contribution in [-0.2, 0) is 0 Å². The van der Waals surface area contributed by atoms with Gasteiger partial charge in [0.15, 0.2) is 0 Å². The fourth-order valence-corrected chi connectivity index (χ4v) is 1.08. The third kappa shape index (κ3) is 3.79. The number of anilines is 1. The molecule has 0 aliphatic heterocycles. The standard InChI is InChI=1S/C12H17N/c1-10(2)4-3-5-11-6-8-12(13)9-7-11/h3,5-10H,4,13H2,1-2H3/b5-3+. The van der Waals surface area contributed by atoms with Gasteiger partial charge in [0.25, 0.3) is 0 Å². The molecule has 1 rings (SSSR count). The number of rotatable bonds is 3. The second kappa shape index (κ2) is 4.70. The highest BCUT2D eigenvalue weighted by molar-refractivity contribution is 5.53. The van der Waals surface area contributed by atoms with Crippen LogP contribution in [-0.4, -0.2) is 0 Å². The zero-order chi connectivity index (χ0) is 9.68. The Morgan fingerprint density at radius 2 is 1.85 bits per heavy atom. The van der Waals surface area contributed by atoms with Gasteiger partial charge >= 0.3 is 0 Å². The van der Waals surface area contributed by atoms with Crippen molar-refractivity contribution in [3.8, 4) is 0 Å². The van der Waals surface area contributed by atoms with E-state index < -0.39 is 0 Å². The molecule has 0 spiro atoms. The molecule has 0 bridgehead atoms. The first kappa shape index (κ1) is 9.85. The Kier molecular flexibility index (Phi) is 3.56.